The second kappa shape index (κ2) is 7.02. The van der Waals surface area contributed by atoms with Crippen LogP contribution in [0.2, 0.25) is 10.0 Å². The summed E-state index contributed by atoms with van der Waals surface area (Å²) in [5.74, 6) is 2.35. The van der Waals surface area contributed by atoms with E-state index in [-0.39, 0.29) is 0 Å². The number of hydrogen-bond donors (Lipinski definition) is 1. The summed E-state index contributed by atoms with van der Waals surface area (Å²) in [6.45, 7) is 6.07. The van der Waals surface area contributed by atoms with Crippen molar-refractivity contribution in [3.63, 3.8) is 0 Å². The van der Waals surface area contributed by atoms with E-state index in [4.69, 9.17) is 32.4 Å². The molecule has 2 aromatic rings. The molecule has 0 unspecified atom stereocenters. The van der Waals surface area contributed by atoms with Crippen LogP contribution in [0.3, 0.4) is 0 Å². The minimum atomic E-state index is 0.351. The zero-order valence-electron chi connectivity index (χ0n) is 11.5. The van der Waals surface area contributed by atoms with Gasteiger partial charge >= 0.3 is 0 Å². The molecule has 0 atom stereocenters. The fourth-order valence-electron chi connectivity index (χ4n) is 1.84. The molecule has 0 spiro atoms. The van der Waals surface area contributed by atoms with Crippen LogP contribution in [0.4, 0.5) is 0 Å². The molecule has 0 saturated heterocycles. The maximum Gasteiger partial charge on any atom is 0.146 e. The van der Waals surface area contributed by atoms with Crippen molar-refractivity contribution >= 4 is 23.2 Å². The summed E-state index contributed by atoms with van der Waals surface area (Å²) in [7, 11) is 0. The van der Waals surface area contributed by atoms with Gasteiger partial charge in [-0.25, -0.2) is 0 Å². The molecule has 0 bridgehead atoms. The van der Waals surface area contributed by atoms with Gasteiger partial charge in [-0.3, -0.25) is 0 Å². The lowest BCUT2D eigenvalue weighted by atomic mass is 10.2. The fraction of sp³-hybridized carbons (Fsp3) is 0.333. The predicted molar refractivity (Wildman–Crippen MR) is 81.6 cm³/mol. The van der Waals surface area contributed by atoms with Crippen LogP contribution in [0.5, 0.6) is 5.75 Å². The number of aryl methyl sites for hydroxylation is 1. The van der Waals surface area contributed by atoms with E-state index in [0.717, 1.165) is 30.2 Å². The molecule has 5 heteroatoms. The van der Waals surface area contributed by atoms with Gasteiger partial charge in [0.1, 0.15) is 23.9 Å². The van der Waals surface area contributed by atoms with Gasteiger partial charge in [-0.1, -0.05) is 30.1 Å². The normalized spacial score (nSPS) is 10.8. The van der Waals surface area contributed by atoms with Gasteiger partial charge in [-0.2, -0.15) is 0 Å². The standard InChI is InChI=1S/C15H17Cl2NO2/c1-3-18-8-15-10(2)4-14(20-15)9-19-13-6-11(16)5-12(17)7-13/h4-7,18H,3,8-9H2,1-2H3. The van der Waals surface area contributed by atoms with Gasteiger partial charge in [-0.15, -0.1) is 0 Å². The van der Waals surface area contributed by atoms with E-state index in [0.29, 0.717) is 22.4 Å². The van der Waals surface area contributed by atoms with Gasteiger partial charge in [-0.05, 0) is 43.3 Å². The van der Waals surface area contributed by atoms with E-state index < -0.39 is 0 Å². The summed E-state index contributed by atoms with van der Waals surface area (Å²) >= 11 is 11.8. The fourth-order valence-corrected chi connectivity index (χ4v) is 2.35. The van der Waals surface area contributed by atoms with Crippen LogP contribution >= 0.6 is 23.2 Å². The quantitative estimate of drug-likeness (QED) is 0.847. The molecular weight excluding hydrogens is 297 g/mol. The third-order valence-electron chi connectivity index (χ3n) is 2.82. The average Bonchev–Trinajstić information content (AvgIpc) is 2.73. The first kappa shape index (κ1) is 15.2. The van der Waals surface area contributed by atoms with Crippen molar-refractivity contribution in [1.82, 2.24) is 5.32 Å². The zero-order chi connectivity index (χ0) is 14.5. The number of furan rings is 1. The molecule has 0 aliphatic heterocycles. The molecule has 3 nitrogen and oxygen atoms in total. The van der Waals surface area contributed by atoms with E-state index >= 15 is 0 Å². The molecule has 1 heterocycles. The number of nitrogens with one attached hydrogen (secondary N) is 1. The monoisotopic (exact) mass is 313 g/mol. The Morgan fingerprint density at radius 1 is 1.15 bits per heavy atom. The van der Waals surface area contributed by atoms with Crippen LogP contribution in [0, 0.1) is 6.92 Å². The lowest BCUT2D eigenvalue weighted by molar-refractivity contribution is 0.265. The van der Waals surface area contributed by atoms with Gasteiger partial charge in [0.25, 0.3) is 0 Å². The highest BCUT2D eigenvalue weighted by Crippen LogP contribution is 2.25. The van der Waals surface area contributed by atoms with Crippen molar-refractivity contribution < 1.29 is 9.15 Å². The number of hydrogen-bond acceptors (Lipinski definition) is 3. The van der Waals surface area contributed by atoms with E-state index in [2.05, 4.69) is 12.2 Å². The van der Waals surface area contributed by atoms with Gasteiger partial charge < -0.3 is 14.5 Å². The first-order chi connectivity index (χ1) is 9.58. The van der Waals surface area contributed by atoms with Crippen molar-refractivity contribution in [3.05, 3.63) is 51.4 Å². The number of halogens is 2. The molecule has 108 valence electrons. The predicted octanol–water partition coefficient (Wildman–Crippen LogP) is 4.58. The minimum absolute atomic E-state index is 0.351. The first-order valence-electron chi connectivity index (χ1n) is 6.46. The lowest BCUT2D eigenvalue weighted by Gasteiger charge is -2.05. The van der Waals surface area contributed by atoms with Gasteiger partial charge in [0.2, 0.25) is 0 Å². The Morgan fingerprint density at radius 2 is 1.85 bits per heavy atom. The van der Waals surface area contributed by atoms with Crippen molar-refractivity contribution in [2.24, 2.45) is 0 Å². The van der Waals surface area contributed by atoms with E-state index in [1.165, 1.54) is 0 Å². The molecule has 2 rings (SSSR count). The minimum Gasteiger partial charge on any atom is -0.486 e. The van der Waals surface area contributed by atoms with Crippen LogP contribution in [-0.4, -0.2) is 6.54 Å². The summed E-state index contributed by atoms with van der Waals surface area (Å²) in [6.07, 6.45) is 0. The van der Waals surface area contributed by atoms with E-state index in [9.17, 15) is 0 Å². The first-order valence-corrected chi connectivity index (χ1v) is 7.22. The zero-order valence-corrected chi connectivity index (χ0v) is 13.0. The van der Waals surface area contributed by atoms with Crippen LogP contribution in [-0.2, 0) is 13.2 Å². The van der Waals surface area contributed by atoms with Crippen LogP contribution < -0.4 is 10.1 Å². The van der Waals surface area contributed by atoms with E-state index in [1.807, 2.05) is 13.0 Å². The highest BCUT2D eigenvalue weighted by Gasteiger charge is 2.08. The van der Waals surface area contributed by atoms with Crippen molar-refractivity contribution in [3.8, 4) is 5.75 Å². The molecule has 1 aromatic heterocycles. The third-order valence-corrected chi connectivity index (χ3v) is 3.26. The Hall–Kier alpha value is -1.16. The summed E-state index contributed by atoms with van der Waals surface area (Å²) in [5.41, 5.74) is 1.12. The maximum atomic E-state index is 5.92. The largest absolute Gasteiger partial charge is 0.486 e. The number of rotatable bonds is 6. The summed E-state index contributed by atoms with van der Waals surface area (Å²) in [6, 6.07) is 7.10. The number of ether oxygens (including phenoxy) is 1. The molecule has 0 fully saturated rings. The Morgan fingerprint density at radius 3 is 2.50 bits per heavy atom. The molecule has 0 aliphatic carbocycles. The van der Waals surface area contributed by atoms with Crippen molar-refractivity contribution in [2.45, 2.75) is 27.0 Å². The smallest absolute Gasteiger partial charge is 0.146 e. The molecule has 0 saturated carbocycles. The van der Waals surface area contributed by atoms with Crippen LogP contribution in [0.1, 0.15) is 24.0 Å². The second-order valence-corrected chi connectivity index (χ2v) is 5.37. The maximum absolute atomic E-state index is 5.92. The molecule has 1 N–H and O–H groups in total. The summed E-state index contributed by atoms with van der Waals surface area (Å²) in [4.78, 5) is 0. The van der Waals surface area contributed by atoms with E-state index in [1.54, 1.807) is 18.2 Å². The Bertz CT molecular complexity index is 561. The van der Waals surface area contributed by atoms with Crippen molar-refractivity contribution in [2.75, 3.05) is 6.54 Å². The Balaban J connectivity index is 2.00. The molecular formula is C15H17Cl2NO2. The van der Waals surface area contributed by atoms with Crippen molar-refractivity contribution in [1.29, 1.82) is 0 Å². The van der Waals surface area contributed by atoms with Crippen LogP contribution in [0.15, 0.2) is 28.7 Å². The van der Waals surface area contributed by atoms with Gasteiger partial charge in [0, 0.05) is 10.0 Å². The Kier molecular flexibility index (Phi) is 5.35. The second-order valence-electron chi connectivity index (χ2n) is 4.49. The van der Waals surface area contributed by atoms with Gasteiger partial charge in [0.05, 0.1) is 6.54 Å². The van der Waals surface area contributed by atoms with Crippen LogP contribution in [0.25, 0.3) is 0 Å². The Labute approximate surface area is 128 Å². The molecule has 1 aromatic carbocycles. The molecule has 0 aliphatic rings. The van der Waals surface area contributed by atoms with Gasteiger partial charge in [0.15, 0.2) is 0 Å². The third kappa shape index (κ3) is 4.17. The highest BCUT2D eigenvalue weighted by atomic mass is 35.5. The highest BCUT2D eigenvalue weighted by molar-refractivity contribution is 6.34. The molecule has 0 radical (unpaired) electrons. The summed E-state index contributed by atoms with van der Waals surface area (Å²) in [5, 5.41) is 4.34. The molecule has 20 heavy (non-hydrogen) atoms. The number of benzene rings is 1. The topological polar surface area (TPSA) is 34.4 Å². The SMILES string of the molecule is CCNCc1oc(COc2cc(Cl)cc(Cl)c2)cc1C. The average molecular weight is 314 g/mol. The molecule has 0 amide bonds. The summed E-state index contributed by atoms with van der Waals surface area (Å²) < 4.78 is 11.4. The lowest BCUT2D eigenvalue weighted by Crippen LogP contribution is -2.11.